The predicted octanol–water partition coefficient (Wildman–Crippen LogP) is 3.87. The third-order valence-electron chi connectivity index (χ3n) is 6.40. The van der Waals surface area contributed by atoms with Gasteiger partial charge in [-0.15, -0.1) is 0 Å². The molecule has 1 saturated heterocycles. The summed E-state index contributed by atoms with van der Waals surface area (Å²) in [4.78, 5) is 12.8. The van der Waals surface area contributed by atoms with Crippen LogP contribution >= 0.6 is 0 Å². The zero-order valence-electron chi connectivity index (χ0n) is 15.4. The van der Waals surface area contributed by atoms with Gasteiger partial charge in [0.25, 0.3) is 5.91 Å². The lowest BCUT2D eigenvalue weighted by Crippen LogP contribution is -2.51. The van der Waals surface area contributed by atoms with Crippen LogP contribution in [-0.4, -0.2) is 28.8 Å². The van der Waals surface area contributed by atoms with Crippen molar-refractivity contribution in [1.29, 1.82) is 0 Å². The average molecular weight is 341 g/mol. The maximum Gasteiger partial charge on any atom is 0.256 e. The minimum atomic E-state index is -0.604. The first-order valence-electron chi connectivity index (χ1n) is 9.34. The van der Waals surface area contributed by atoms with Crippen LogP contribution in [0.3, 0.4) is 0 Å². The van der Waals surface area contributed by atoms with E-state index in [0.29, 0.717) is 5.57 Å². The molecule has 3 aliphatic rings. The van der Waals surface area contributed by atoms with Crippen molar-refractivity contribution >= 4 is 11.5 Å². The van der Waals surface area contributed by atoms with Crippen molar-refractivity contribution < 1.29 is 14.6 Å². The van der Waals surface area contributed by atoms with Gasteiger partial charge in [0.2, 0.25) is 0 Å². The highest BCUT2D eigenvalue weighted by atomic mass is 16.5. The van der Waals surface area contributed by atoms with Gasteiger partial charge in [0.1, 0.15) is 5.76 Å². The second-order valence-corrected chi connectivity index (χ2v) is 8.17. The lowest BCUT2D eigenvalue weighted by molar-refractivity contribution is -0.117. The van der Waals surface area contributed by atoms with Gasteiger partial charge in [0.15, 0.2) is 0 Å². The first-order valence-corrected chi connectivity index (χ1v) is 9.34. The van der Waals surface area contributed by atoms with E-state index in [1.54, 1.807) is 0 Å². The molecule has 4 rings (SSSR count). The summed E-state index contributed by atoms with van der Waals surface area (Å²) < 4.78 is 6.00. The third kappa shape index (κ3) is 2.50. The lowest BCUT2D eigenvalue weighted by atomic mass is 9.72. The molecule has 4 heteroatoms. The summed E-state index contributed by atoms with van der Waals surface area (Å²) in [6, 6.07) is 4.15. The zero-order valence-corrected chi connectivity index (χ0v) is 15.4. The highest BCUT2D eigenvalue weighted by molar-refractivity contribution is 6.24. The van der Waals surface area contributed by atoms with Crippen molar-refractivity contribution in [1.82, 2.24) is 5.32 Å². The van der Waals surface area contributed by atoms with Crippen LogP contribution in [0.4, 0.5) is 0 Å². The van der Waals surface area contributed by atoms with Gasteiger partial charge in [-0.2, -0.15) is 0 Å². The number of hydrogen-bond donors (Lipinski definition) is 2. The van der Waals surface area contributed by atoms with Crippen LogP contribution in [0.1, 0.15) is 60.8 Å². The van der Waals surface area contributed by atoms with Crippen molar-refractivity contribution in [2.75, 3.05) is 6.61 Å². The molecule has 25 heavy (non-hydrogen) atoms. The number of rotatable bonds is 1. The Bertz CT molecular complexity index is 738. The molecule has 1 saturated carbocycles. The van der Waals surface area contributed by atoms with E-state index >= 15 is 0 Å². The summed E-state index contributed by atoms with van der Waals surface area (Å²) in [5.74, 6) is 0.0937. The first-order chi connectivity index (χ1) is 11.9. The molecule has 0 bridgehead atoms. The molecule has 134 valence electrons. The molecule has 1 amide bonds. The van der Waals surface area contributed by atoms with Crippen LogP contribution in [0.15, 0.2) is 17.9 Å². The molecule has 2 N–H and O–H groups in total. The van der Waals surface area contributed by atoms with Crippen molar-refractivity contribution in [2.24, 2.45) is 0 Å². The summed E-state index contributed by atoms with van der Waals surface area (Å²) >= 11 is 0. The number of nitrogens with one attached hydrogen (secondary N) is 1. The van der Waals surface area contributed by atoms with E-state index in [9.17, 15) is 9.90 Å². The molecular weight excluding hydrogens is 314 g/mol. The molecule has 4 nitrogen and oxygen atoms in total. The monoisotopic (exact) mass is 341 g/mol. The van der Waals surface area contributed by atoms with Crippen LogP contribution < -0.4 is 5.32 Å². The molecule has 2 aliphatic heterocycles. The highest BCUT2D eigenvalue weighted by Gasteiger charge is 2.52. The molecule has 1 aromatic rings. The number of aryl methyl sites for hydroxylation is 3. The van der Waals surface area contributed by atoms with E-state index < -0.39 is 5.54 Å². The summed E-state index contributed by atoms with van der Waals surface area (Å²) in [5, 5.41) is 14.2. The van der Waals surface area contributed by atoms with Gasteiger partial charge in [-0.3, -0.25) is 4.79 Å². The van der Waals surface area contributed by atoms with Crippen LogP contribution in [0.25, 0.3) is 5.57 Å². The van der Waals surface area contributed by atoms with E-state index in [1.807, 2.05) is 13.8 Å². The molecule has 2 fully saturated rings. The molecule has 2 spiro atoms. The minimum absolute atomic E-state index is 0.0191. The maximum atomic E-state index is 12.8. The number of aliphatic hydroxyl groups excluding tert-OH is 1. The molecule has 1 aliphatic carbocycles. The summed E-state index contributed by atoms with van der Waals surface area (Å²) in [5.41, 5.74) is 3.98. The number of carbonyl (C=O) groups is 1. The largest absolute Gasteiger partial charge is 0.509 e. The Morgan fingerprint density at radius 2 is 1.68 bits per heavy atom. The van der Waals surface area contributed by atoms with Gasteiger partial charge in [-0.05, 0) is 76.0 Å². The number of amides is 1. The van der Waals surface area contributed by atoms with Crippen molar-refractivity contribution in [3.63, 3.8) is 0 Å². The second-order valence-electron chi connectivity index (χ2n) is 8.17. The topological polar surface area (TPSA) is 58.6 Å². The fourth-order valence-corrected chi connectivity index (χ4v) is 5.14. The van der Waals surface area contributed by atoms with Gasteiger partial charge in [-0.25, -0.2) is 0 Å². The number of benzene rings is 1. The number of hydrogen-bond acceptors (Lipinski definition) is 3. The Hall–Kier alpha value is -1.81. The van der Waals surface area contributed by atoms with E-state index in [2.05, 4.69) is 24.4 Å². The number of carbonyl (C=O) groups excluding carboxylic acids is 1. The van der Waals surface area contributed by atoms with Crippen molar-refractivity contribution in [3.8, 4) is 0 Å². The normalized spacial score (nSPS) is 32.0. The SMILES string of the molecule is Cc1cc(C)c(C2=C(O)C3(CCC4(CCCO4)CC3)NC2=O)c(C)c1. The molecule has 0 aromatic heterocycles. The third-order valence-corrected chi connectivity index (χ3v) is 6.40. The summed E-state index contributed by atoms with van der Waals surface area (Å²) in [7, 11) is 0. The fraction of sp³-hybridized carbons (Fsp3) is 0.571. The number of ether oxygens (including phenoxy) is 1. The highest BCUT2D eigenvalue weighted by Crippen LogP contribution is 2.48. The molecule has 1 aromatic carbocycles. The fourth-order valence-electron chi connectivity index (χ4n) is 5.14. The number of aliphatic hydroxyl groups is 1. The molecular formula is C21H27NO3. The van der Waals surface area contributed by atoms with Gasteiger partial charge in [0.05, 0.1) is 16.7 Å². The quantitative estimate of drug-likeness (QED) is 0.815. The minimum Gasteiger partial charge on any atom is -0.509 e. The maximum absolute atomic E-state index is 12.8. The first kappa shape index (κ1) is 16.6. The van der Waals surface area contributed by atoms with Crippen LogP contribution in [-0.2, 0) is 9.53 Å². The predicted molar refractivity (Wildman–Crippen MR) is 97.5 cm³/mol. The van der Waals surface area contributed by atoms with Gasteiger partial charge in [-0.1, -0.05) is 17.7 Å². The van der Waals surface area contributed by atoms with E-state index in [1.165, 1.54) is 5.56 Å². The smallest absolute Gasteiger partial charge is 0.256 e. The van der Waals surface area contributed by atoms with E-state index in [4.69, 9.17) is 4.74 Å². The van der Waals surface area contributed by atoms with Crippen LogP contribution in [0, 0.1) is 20.8 Å². The summed E-state index contributed by atoms with van der Waals surface area (Å²) in [6.07, 6.45) is 5.52. The Labute approximate surface area is 149 Å². The Morgan fingerprint density at radius 3 is 2.24 bits per heavy atom. The Morgan fingerprint density at radius 1 is 1.04 bits per heavy atom. The summed E-state index contributed by atoms with van der Waals surface area (Å²) in [6.45, 7) is 6.91. The molecule has 0 radical (unpaired) electrons. The van der Waals surface area contributed by atoms with Crippen molar-refractivity contribution in [3.05, 3.63) is 40.1 Å². The average Bonchev–Trinajstić information content (AvgIpc) is 3.09. The van der Waals surface area contributed by atoms with Crippen molar-refractivity contribution in [2.45, 2.75) is 70.4 Å². The molecule has 0 atom stereocenters. The van der Waals surface area contributed by atoms with E-state index in [0.717, 1.165) is 61.8 Å². The zero-order chi connectivity index (χ0) is 17.8. The van der Waals surface area contributed by atoms with Crippen LogP contribution in [0.2, 0.25) is 0 Å². The molecule has 0 unspecified atom stereocenters. The lowest BCUT2D eigenvalue weighted by Gasteiger charge is -2.42. The van der Waals surface area contributed by atoms with Gasteiger partial charge in [0, 0.05) is 6.61 Å². The van der Waals surface area contributed by atoms with Crippen LogP contribution in [0.5, 0.6) is 0 Å². The van der Waals surface area contributed by atoms with Gasteiger partial charge >= 0.3 is 0 Å². The second kappa shape index (κ2) is 5.60. The van der Waals surface area contributed by atoms with Gasteiger partial charge < -0.3 is 15.2 Å². The Balaban J connectivity index is 1.71. The molecule has 2 heterocycles. The Kier molecular flexibility index (Phi) is 3.73. The standard InChI is InChI=1S/C21H27NO3/c1-13-11-14(2)16(15(3)12-13)17-18(23)21(22-19(17)24)8-6-20(7-9-21)5-4-10-25-20/h11-12,23H,4-10H2,1-3H3,(H,22,24). The van der Waals surface area contributed by atoms with E-state index in [-0.39, 0.29) is 17.3 Å².